The van der Waals surface area contributed by atoms with E-state index in [4.69, 9.17) is 0 Å². The molecule has 5 nitrogen and oxygen atoms in total. The van der Waals surface area contributed by atoms with Crippen LogP contribution in [0.25, 0.3) is 0 Å². The van der Waals surface area contributed by atoms with Crippen molar-refractivity contribution in [3.8, 4) is 0 Å². The molecule has 3 aromatic rings. The van der Waals surface area contributed by atoms with E-state index >= 15 is 0 Å². The summed E-state index contributed by atoms with van der Waals surface area (Å²) in [7, 11) is -3.94. The third kappa shape index (κ3) is 6.02. The fourth-order valence-corrected chi connectivity index (χ4v) is 4.88. The van der Waals surface area contributed by atoms with Crippen molar-refractivity contribution in [2.75, 3.05) is 16.2 Å². The summed E-state index contributed by atoms with van der Waals surface area (Å²) < 4.78 is 28.2. The molecule has 0 radical (unpaired) electrons. The highest BCUT2D eigenvalue weighted by atomic mass is 32.2. The summed E-state index contributed by atoms with van der Waals surface area (Å²) in [5, 5.41) is 2.83. The summed E-state index contributed by atoms with van der Waals surface area (Å²) in [4.78, 5) is 13.1. The number of nitrogens with zero attached hydrogens (tertiary/aromatic N) is 1. The molecule has 33 heavy (non-hydrogen) atoms. The highest BCUT2D eigenvalue weighted by Crippen LogP contribution is 2.26. The average Bonchev–Trinajstić information content (AvgIpc) is 2.78. The van der Waals surface area contributed by atoms with Gasteiger partial charge in [0.2, 0.25) is 5.91 Å². The maximum atomic E-state index is 13.5. The molecule has 174 valence electrons. The molecule has 0 aliphatic heterocycles. The second kappa shape index (κ2) is 10.2. The third-order valence-electron chi connectivity index (χ3n) is 5.61. The van der Waals surface area contributed by atoms with Crippen LogP contribution in [-0.4, -0.2) is 20.9 Å². The molecule has 0 unspecified atom stereocenters. The summed E-state index contributed by atoms with van der Waals surface area (Å²) in [6.07, 6.45) is 0. The van der Waals surface area contributed by atoms with E-state index in [0.717, 1.165) is 11.1 Å². The van der Waals surface area contributed by atoms with E-state index < -0.39 is 15.9 Å². The first-order valence-electron chi connectivity index (χ1n) is 11.2. The van der Waals surface area contributed by atoms with Crippen LogP contribution in [0, 0.1) is 6.92 Å². The first kappa shape index (κ1) is 24.5. The monoisotopic (exact) mass is 464 g/mol. The van der Waals surface area contributed by atoms with Gasteiger partial charge in [0.15, 0.2) is 0 Å². The zero-order chi connectivity index (χ0) is 24.2. The number of nitrogens with one attached hydrogen (secondary N) is 1. The Morgan fingerprint density at radius 3 is 1.76 bits per heavy atom. The van der Waals surface area contributed by atoms with Crippen molar-refractivity contribution in [2.45, 2.75) is 51.3 Å². The van der Waals surface area contributed by atoms with Gasteiger partial charge in [-0.2, -0.15) is 0 Å². The number of rotatable bonds is 8. The number of anilines is 2. The Hall–Kier alpha value is -3.12. The molecule has 0 atom stereocenters. The van der Waals surface area contributed by atoms with Gasteiger partial charge in [-0.1, -0.05) is 69.7 Å². The standard InChI is InChI=1S/C27H32N2O3S/c1-19(2)22-8-12-24(13-9-22)28-27(30)18-29(25-14-10-23(11-15-25)20(3)4)33(31,32)26-16-6-21(5)7-17-26/h6-17,19-20H,18H2,1-5H3,(H,28,30). The molecular weight excluding hydrogens is 432 g/mol. The van der Waals surface area contributed by atoms with Crippen LogP contribution in [-0.2, 0) is 14.8 Å². The third-order valence-corrected chi connectivity index (χ3v) is 7.39. The fourth-order valence-electron chi connectivity index (χ4n) is 3.46. The molecule has 0 heterocycles. The van der Waals surface area contributed by atoms with Crippen LogP contribution in [0.2, 0.25) is 0 Å². The Morgan fingerprint density at radius 2 is 1.27 bits per heavy atom. The van der Waals surface area contributed by atoms with Gasteiger partial charge in [0, 0.05) is 5.69 Å². The lowest BCUT2D eigenvalue weighted by atomic mass is 10.0. The zero-order valence-electron chi connectivity index (χ0n) is 19.9. The molecule has 0 bridgehead atoms. The largest absolute Gasteiger partial charge is 0.325 e. The summed E-state index contributed by atoms with van der Waals surface area (Å²) >= 11 is 0. The van der Waals surface area contributed by atoms with Crippen molar-refractivity contribution < 1.29 is 13.2 Å². The van der Waals surface area contributed by atoms with Gasteiger partial charge in [-0.3, -0.25) is 9.10 Å². The first-order chi connectivity index (χ1) is 15.6. The molecule has 0 spiro atoms. The molecule has 0 saturated heterocycles. The minimum absolute atomic E-state index is 0.148. The highest BCUT2D eigenvalue weighted by Gasteiger charge is 2.27. The lowest BCUT2D eigenvalue weighted by molar-refractivity contribution is -0.114. The predicted molar refractivity (Wildman–Crippen MR) is 135 cm³/mol. The van der Waals surface area contributed by atoms with Crippen LogP contribution in [0.15, 0.2) is 77.7 Å². The molecule has 0 aromatic heterocycles. The fraction of sp³-hybridized carbons (Fsp3) is 0.296. The molecule has 6 heteroatoms. The van der Waals surface area contributed by atoms with E-state index in [1.807, 2.05) is 43.3 Å². The number of amides is 1. The molecule has 0 aliphatic rings. The normalized spacial score (nSPS) is 11.6. The molecule has 3 rings (SSSR count). The quantitative estimate of drug-likeness (QED) is 0.440. The van der Waals surface area contributed by atoms with Crippen LogP contribution >= 0.6 is 0 Å². The topological polar surface area (TPSA) is 66.5 Å². The summed E-state index contributed by atoms with van der Waals surface area (Å²) in [6, 6.07) is 21.6. The SMILES string of the molecule is Cc1ccc(S(=O)(=O)N(CC(=O)Nc2ccc(C(C)C)cc2)c2ccc(C(C)C)cc2)cc1. The maximum absolute atomic E-state index is 13.5. The number of hydrogen-bond acceptors (Lipinski definition) is 3. The van der Waals surface area contributed by atoms with Gasteiger partial charge < -0.3 is 5.32 Å². The van der Waals surface area contributed by atoms with E-state index in [-0.39, 0.29) is 11.4 Å². The first-order valence-corrected chi connectivity index (χ1v) is 12.6. The summed E-state index contributed by atoms with van der Waals surface area (Å²) in [5.41, 5.74) is 4.31. The smallest absolute Gasteiger partial charge is 0.264 e. The Morgan fingerprint density at radius 1 is 0.788 bits per heavy atom. The molecule has 3 aromatic carbocycles. The van der Waals surface area contributed by atoms with E-state index in [2.05, 4.69) is 33.0 Å². The van der Waals surface area contributed by atoms with Gasteiger partial charge in [-0.05, 0) is 66.3 Å². The van der Waals surface area contributed by atoms with E-state index in [9.17, 15) is 13.2 Å². The Bertz CT molecular complexity index is 1180. The van der Waals surface area contributed by atoms with Crippen molar-refractivity contribution in [2.24, 2.45) is 0 Å². The van der Waals surface area contributed by atoms with Crippen LogP contribution < -0.4 is 9.62 Å². The molecular formula is C27H32N2O3S. The van der Waals surface area contributed by atoms with Crippen molar-refractivity contribution in [1.82, 2.24) is 0 Å². The number of carbonyl (C=O) groups is 1. The van der Waals surface area contributed by atoms with Gasteiger partial charge in [0.05, 0.1) is 10.6 Å². The van der Waals surface area contributed by atoms with Gasteiger partial charge in [0.1, 0.15) is 6.54 Å². The Labute approximate surface area is 197 Å². The van der Waals surface area contributed by atoms with Crippen LogP contribution in [0.5, 0.6) is 0 Å². The van der Waals surface area contributed by atoms with E-state index in [1.165, 1.54) is 9.87 Å². The second-order valence-corrected chi connectivity index (χ2v) is 10.8. The summed E-state index contributed by atoms with van der Waals surface area (Å²) in [5.74, 6) is 0.299. The average molecular weight is 465 g/mol. The van der Waals surface area contributed by atoms with Gasteiger partial charge >= 0.3 is 0 Å². The van der Waals surface area contributed by atoms with Crippen molar-refractivity contribution in [3.05, 3.63) is 89.5 Å². The van der Waals surface area contributed by atoms with Crippen molar-refractivity contribution in [3.63, 3.8) is 0 Å². The molecule has 1 amide bonds. The Kier molecular flexibility index (Phi) is 7.59. The number of sulfonamides is 1. The predicted octanol–water partition coefficient (Wildman–Crippen LogP) is 6.08. The maximum Gasteiger partial charge on any atom is 0.264 e. The summed E-state index contributed by atoms with van der Waals surface area (Å²) in [6.45, 7) is 9.93. The van der Waals surface area contributed by atoms with Gasteiger partial charge in [-0.25, -0.2) is 8.42 Å². The second-order valence-electron chi connectivity index (χ2n) is 8.90. The van der Waals surface area contributed by atoms with E-state index in [1.54, 1.807) is 36.4 Å². The van der Waals surface area contributed by atoms with Gasteiger partial charge in [0.25, 0.3) is 10.0 Å². The van der Waals surface area contributed by atoms with Crippen LogP contribution in [0.3, 0.4) is 0 Å². The molecule has 1 N–H and O–H groups in total. The van der Waals surface area contributed by atoms with Crippen LogP contribution in [0.4, 0.5) is 11.4 Å². The zero-order valence-corrected chi connectivity index (χ0v) is 20.7. The minimum atomic E-state index is -3.94. The minimum Gasteiger partial charge on any atom is -0.325 e. The van der Waals surface area contributed by atoms with Crippen molar-refractivity contribution >= 4 is 27.3 Å². The number of aryl methyl sites for hydroxylation is 1. The van der Waals surface area contributed by atoms with Crippen molar-refractivity contribution in [1.29, 1.82) is 0 Å². The highest BCUT2D eigenvalue weighted by molar-refractivity contribution is 7.92. The van der Waals surface area contributed by atoms with Gasteiger partial charge in [-0.15, -0.1) is 0 Å². The Balaban J connectivity index is 1.90. The lowest BCUT2D eigenvalue weighted by Crippen LogP contribution is -2.38. The lowest BCUT2D eigenvalue weighted by Gasteiger charge is -2.24. The number of hydrogen-bond donors (Lipinski definition) is 1. The number of benzene rings is 3. The number of carbonyl (C=O) groups excluding carboxylic acids is 1. The molecule has 0 saturated carbocycles. The molecule has 0 fully saturated rings. The van der Waals surface area contributed by atoms with E-state index in [0.29, 0.717) is 23.2 Å². The molecule has 0 aliphatic carbocycles. The van der Waals surface area contributed by atoms with Crippen LogP contribution in [0.1, 0.15) is 56.2 Å².